The van der Waals surface area contributed by atoms with Crippen LogP contribution in [0, 0.1) is 0 Å². The van der Waals surface area contributed by atoms with Crippen LogP contribution in [0.25, 0.3) is 0 Å². The number of carboxylic acid groups (broad SMARTS) is 3. The molecule has 30 heavy (non-hydrogen) atoms. The van der Waals surface area contributed by atoms with E-state index in [1.807, 2.05) is 0 Å². The molecular weight excluding hydrogens is 406 g/mol. The lowest BCUT2D eigenvalue weighted by Crippen LogP contribution is -2.50. The van der Waals surface area contributed by atoms with Gasteiger partial charge in [0.05, 0.1) is 31.0 Å². The molecule has 0 aromatic heterocycles. The van der Waals surface area contributed by atoms with E-state index in [1.54, 1.807) is 0 Å². The van der Waals surface area contributed by atoms with Crippen LogP contribution in [-0.4, -0.2) is 123 Å². The van der Waals surface area contributed by atoms with E-state index in [-0.39, 0.29) is 44.7 Å². The van der Waals surface area contributed by atoms with Crippen LogP contribution in [0.4, 0.5) is 0 Å². The van der Waals surface area contributed by atoms with Gasteiger partial charge in [-0.1, -0.05) is 0 Å². The number of nitrogens with zero attached hydrogens (tertiary/aromatic N) is 3. The van der Waals surface area contributed by atoms with E-state index in [0.717, 1.165) is 0 Å². The van der Waals surface area contributed by atoms with Gasteiger partial charge in [0.25, 0.3) is 0 Å². The summed E-state index contributed by atoms with van der Waals surface area (Å²) in [7, 11) is 2.78. The van der Waals surface area contributed by atoms with Crippen LogP contribution in [0.3, 0.4) is 0 Å². The van der Waals surface area contributed by atoms with Gasteiger partial charge in [-0.2, -0.15) is 0 Å². The highest BCUT2D eigenvalue weighted by atomic mass is 16.4. The van der Waals surface area contributed by atoms with Crippen molar-refractivity contribution in [2.45, 2.75) is 0 Å². The summed E-state index contributed by atoms with van der Waals surface area (Å²) in [6, 6.07) is 0. The van der Waals surface area contributed by atoms with Gasteiger partial charge < -0.3 is 45.8 Å². The summed E-state index contributed by atoms with van der Waals surface area (Å²) in [6.45, 7) is -1.84. The molecule has 0 aliphatic rings. The molecule has 2 amide bonds. The van der Waals surface area contributed by atoms with Gasteiger partial charge >= 0.3 is 0 Å². The van der Waals surface area contributed by atoms with Crippen LogP contribution in [0.1, 0.15) is 0 Å². The Morgan fingerprint density at radius 3 is 1.10 bits per heavy atom. The minimum absolute atomic E-state index is 0. The molecule has 0 atom stereocenters. The zero-order valence-corrected chi connectivity index (χ0v) is 17.0. The third kappa shape index (κ3) is 15.2. The van der Waals surface area contributed by atoms with Crippen LogP contribution >= 0.6 is 0 Å². The van der Waals surface area contributed by atoms with Gasteiger partial charge in [-0.25, -0.2) is 0 Å². The van der Waals surface area contributed by atoms with Crippen molar-refractivity contribution in [1.29, 1.82) is 0 Å². The van der Waals surface area contributed by atoms with E-state index >= 15 is 0 Å². The first kappa shape index (κ1) is 29.4. The number of hydrogen-bond donors (Lipinski definition) is 2. The lowest BCUT2D eigenvalue weighted by molar-refractivity contribution is -0.308. The standard InChI is InChI=1S/C16H29N5O8.H2O/c1-17-12(22)7-20(10-15(26)27)5-3-19(9-14(24)25)4-6-21(11-16(28)29)8-13(23)18-2;/h3-11H2,1-2H3,(H,17,22)(H,18,23)(H,24,25)(H,26,27)(H,28,29);1H2/p-3. The Labute approximate surface area is 173 Å². The van der Waals surface area contributed by atoms with Crippen molar-refractivity contribution in [2.75, 3.05) is 73.0 Å². The van der Waals surface area contributed by atoms with Gasteiger partial charge in [0.2, 0.25) is 11.8 Å². The summed E-state index contributed by atoms with van der Waals surface area (Å²) in [5.41, 5.74) is 0. The minimum atomic E-state index is -1.40. The molecule has 0 saturated heterocycles. The van der Waals surface area contributed by atoms with E-state index in [0.29, 0.717) is 0 Å². The maximum absolute atomic E-state index is 11.5. The number of aliphatic carboxylic acids is 3. The van der Waals surface area contributed by atoms with Gasteiger partial charge in [0.1, 0.15) is 0 Å². The second kappa shape index (κ2) is 16.0. The van der Waals surface area contributed by atoms with Crippen LogP contribution in [0.15, 0.2) is 0 Å². The Morgan fingerprint density at radius 1 is 0.567 bits per heavy atom. The van der Waals surface area contributed by atoms with E-state index in [2.05, 4.69) is 10.6 Å². The zero-order chi connectivity index (χ0) is 22.4. The molecule has 0 fully saturated rings. The molecule has 0 aromatic rings. The number of nitrogens with one attached hydrogen (secondary N) is 2. The summed E-state index contributed by atoms with van der Waals surface area (Å²) in [6.07, 6.45) is 0. The molecule has 0 aliphatic carbocycles. The van der Waals surface area contributed by atoms with E-state index in [4.69, 9.17) is 0 Å². The molecule has 0 saturated carbocycles. The molecule has 4 N–H and O–H groups in total. The Bertz CT molecular complexity index is 545. The lowest BCUT2D eigenvalue weighted by Gasteiger charge is -2.30. The van der Waals surface area contributed by atoms with Crippen molar-refractivity contribution in [3.63, 3.8) is 0 Å². The molecule has 0 unspecified atom stereocenters. The lowest BCUT2D eigenvalue weighted by atomic mass is 10.3. The minimum Gasteiger partial charge on any atom is -0.549 e. The highest BCUT2D eigenvalue weighted by Crippen LogP contribution is 1.96. The molecule has 0 spiro atoms. The van der Waals surface area contributed by atoms with Gasteiger partial charge in [0.15, 0.2) is 0 Å². The Balaban J connectivity index is 0. The van der Waals surface area contributed by atoms with Crippen LogP contribution in [0.5, 0.6) is 0 Å². The summed E-state index contributed by atoms with van der Waals surface area (Å²) in [4.78, 5) is 59.6. The van der Waals surface area contributed by atoms with E-state index in [1.165, 1.54) is 28.8 Å². The van der Waals surface area contributed by atoms with Gasteiger partial charge in [-0.15, -0.1) is 0 Å². The third-order valence-corrected chi connectivity index (χ3v) is 3.82. The molecule has 0 radical (unpaired) electrons. The first-order valence-corrected chi connectivity index (χ1v) is 8.75. The van der Waals surface area contributed by atoms with Crippen molar-refractivity contribution in [3.05, 3.63) is 0 Å². The quantitative estimate of drug-likeness (QED) is 0.232. The fraction of sp³-hybridized carbons (Fsp3) is 0.688. The monoisotopic (exact) mass is 434 g/mol. The predicted octanol–water partition coefficient (Wildman–Crippen LogP) is -8.19. The largest absolute Gasteiger partial charge is 0.549 e. The van der Waals surface area contributed by atoms with Crippen molar-refractivity contribution < 1.29 is 44.8 Å². The number of rotatable bonds is 16. The van der Waals surface area contributed by atoms with Crippen LogP contribution < -0.4 is 26.0 Å². The Hall–Kier alpha value is -2.81. The third-order valence-electron chi connectivity index (χ3n) is 3.82. The molecule has 14 heteroatoms. The number of hydrogen-bond acceptors (Lipinski definition) is 11. The van der Waals surface area contributed by atoms with Crippen molar-refractivity contribution in [2.24, 2.45) is 0 Å². The second-order valence-electron chi connectivity index (χ2n) is 6.16. The number of likely N-dealkylation sites (N-methyl/N-ethyl adjacent to an activating group) is 2. The molecule has 0 heterocycles. The summed E-state index contributed by atoms with van der Waals surface area (Å²) in [5, 5.41) is 37.4. The molecule has 0 aromatic carbocycles. The van der Waals surface area contributed by atoms with Crippen molar-refractivity contribution in [3.8, 4) is 0 Å². The molecular formula is C16H28N5O9-3. The van der Waals surface area contributed by atoms with E-state index in [9.17, 15) is 39.3 Å². The molecule has 0 aliphatic heterocycles. The van der Waals surface area contributed by atoms with Crippen LogP contribution in [0.2, 0.25) is 0 Å². The topological polar surface area (TPSA) is 220 Å². The normalized spacial score (nSPS) is 10.6. The average molecular weight is 434 g/mol. The first-order valence-electron chi connectivity index (χ1n) is 8.75. The predicted molar refractivity (Wildman–Crippen MR) is 96.1 cm³/mol. The second-order valence-corrected chi connectivity index (χ2v) is 6.16. The van der Waals surface area contributed by atoms with Crippen molar-refractivity contribution in [1.82, 2.24) is 25.3 Å². The highest BCUT2D eigenvalue weighted by Gasteiger charge is 2.15. The SMILES string of the molecule is CNC(=O)CN(CCN(CCN(CC(=O)[O-])CC(=O)NC)CC(=O)[O-])CC(=O)[O-].O. The van der Waals surface area contributed by atoms with Gasteiger partial charge in [0, 0.05) is 59.9 Å². The molecule has 174 valence electrons. The molecule has 14 nitrogen and oxygen atoms in total. The number of carbonyl (C=O) groups excluding carboxylic acids is 5. The van der Waals surface area contributed by atoms with Gasteiger partial charge in [-0.3, -0.25) is 24.3 Å². The fourth-order valence-electron chi connectivity index (χ4n) is 2.38. The highest BCUT2D eigenvalue weighted by molar-refractivity contribution is 5.79. The van der Waals surface area contributed by atoms with E-state index < -0.39 is 49.4 Å². The molecule has 0 bridgehead atoms. The summed E-state index contributed by atoms with van der Waals surface area (Å²) >= 11 is 0. The maximum Gasteiger partial charge on any atom is 0.233 e. The smallest absolute Gasteiger partial charge is 0.233 e. The van der Waals surface area contributed by atoms with Gasteiger partial charge in [-0.05, 0) is 0 Å². The summed E-state index contributed by atoms with van der Waals surface area (Å²) < 4.78 is 0. The first-order chi connectivity index (χ1) is 13.6. The number of carbonyl (C=O) groups is 5. The number of carboxylic acids is 3. The molecule has 0 rings (SSSR count). The average Bonchev–Trinajstić information content (AvgIpc) is 2.61. The van der Waals surface area contributed by atoms with Crippen LogP contribution in [-0.2, 0) is 24.0 Å². The maximum atomic E-state index is 11.5. The van der Waals surface area contributed by atoms with Crippen molar-refractivity contribution >= 4 is 29.7 Å². The summed E-state index contributed by atoms with van der Waals surface area (Å²) in [5.74, 6) is -5.04. The Morgan fingerprint density at radius 2 is 0.833 bits per heavy atom. The number of amides is 2. The Kier molecular flexibility index (Phi) is 15.7. The zero-order valence-electron chi connectivity index (χ0n) is 17.0. The fourth-order valence-corrected chi connectivity index (χ4v) is 2.38.